The van der Waals surface area contributed by atoms with Gasteiger partial charge in [-0.15, -0.1) is 0 Å². The van der Waals surface area contributed by atoms with Crippen molar-refractivity contribution in [1.82, 2.24) is 15.4 Å². The van der Waals surface area contributed by atoms with Gasteiger partial charge in [-0.25, -0.2) is 17.5 Å². The first-order chi connectivity index (χ1) is 15.1. The quantitative estimate of drug-likeness (QED) is 0.391. The molecule has 1 fully saturated rings. The lowest BCUT2D eigenvalue weighted by molar-refractivity contribution is -0.129. The lowest BCUT2D eigenvalue weighted by atomic mass is 10.0. The maximum atomic E-state index is 13.1. The zero-order valence-electron chi connectivity index (χ0n) is 18.6. The number of benzene rings is 1. The van der Waals surface area contributed by atoms with Crippen LogP contribution >= 0.6 is 11.6 Å². The van der Waals surface area contributed by atoms with E-state index in [1.165, 1.54) is 0 Å². The van der Waals surface area contributed by atoms with Crippen molar-refractivity contribution in [1.29, 1.82) is 0 Å². The van der Waals surface area contributed by atoms with Gasteiger partial charge in [-0.2, -0.15) is 0 Å². The van der Waals surface area contributed by atoms with Crippen molar-refractivity contribution in [3.8, 4) is 0 Å². The third kappa shape index (κ3) is 8.67. The number of hydrogen-bond acceptors (Lipinski definition) is 4. The largest absolute Gasteiger partial charge is 0.354 e. The molecule has 1 aromatic rings. The highest BCUT2D eigenvalue weighted by atomic mass is 35.5. The predicted molar refractivity (Wildman–Crippen MR) is 122 cm³/mol. The van der Waals surface area contributed by atoms with Crippen molar-refractivity contribution in [3.63, 3.8) is 0 Å². The molecule has 1 aromatic carbocycles. The summed E-state index contributed by atoms with van der Waals surface area (Å²) in [7, 11) is -3.89. The molecule has 0 spiro atoms. The average Bonchev–Trinajstić information content (AvgIpc) is 3.19. The number of rotatable bonds is 12. The maximum Gasteiger partial charge on any atom is 0.242 e. The van der Waals surface area contributed by atoms with Crippen LogP contribution in [0, 0.1) is 17.7 Å². The molecule has 32 heavy (non-hydrogen) atoms. The number of carbonyl (C=O) groups excluding carboxylic acids is 2. The third-order valence-corrected chi connectivity index (χ3v) is 7.38. The summed E-state index contributed by atoms with van der Waals surface area (Å²) in [6.45, 7) is 4.28. The van der Waals surface area contributed by atoms with Gasteiger partial charge in [0.15, 0.2) is 0 Å². The molecule has 0 saturated heterocycles. The molecule has 1 aliphatic rings. The SMILES string of the molecule is CC(C)C[C@H](NC(=O)CC1CCCC1)C(=O)NCCCNS(=O)(=O)c1ccc(F)cc1Cl. The van der Waals surface area contributed by atoms with E-state index in [1.807, 2.05) is 13.8 Å². The molecule has 1 aliphatic carbocycles. The van der Waals surface area contributed by atoms with Crippen molar-refractivity contribution in [2.24, 2.45) is 11.8 Å². The first-order valence-corrected chi connectivity index (χ1v) is 13.0. The fraction of sp³-hybridized carbons (Fsp3) is 0.636. The van der Waals surface area contributed by atoms with Crippen molar-refractivity contribution >= 4 is 33.4 Å². The Bertz CT molecular complexity index is 889. The fourth-order valence-corrected chi connectivity index (χ4v) is 5.44. The van der Waals surface area contributed by atoms with E-state index in [1.54, 1.807) is 0 Å². The number of carbonyl (C=O) groups is 2. The summed E-state index contributed by atoms with van der Waals surface area (Å²) in [6, 6.07) is 2.45. The summed E-state index contributed by atoms with van der Waals surface area (Å²) in [5.41, 5.74) is 0. The minimum atomic E-state index is -3.89. The van der Waals surface area contributed by atoms with E-state index in [2.05, 4.69) is 15.4 Å². The summed E-state index contributed by atoms with van der Waals surface area (Å²) < 4.78 is 40.1. The zero-order valence-corrected chi connectivity index (χ0v) is 20.2. The second-order valence-corrected chi connectivity index (χ2v) is 10.9. The Morgan fingerprint density at radius 2 is 1.88 bits per heavy atom. The Morgan fingerprint density at radius 3 is 2.50 bits per heavy atom. The number of amides is 2. The summed E-state index contributed by atoms with van der Waals surface area (Å²) in [5.74, 6) is -0.363. The highest BCUT2D eigenvalue weighted by Gasteiger charge is 2.24. The first kappa shape index (κ1) is 26.5. The van der Waals surface area contributed by atoms with Gasteiger partial charge in [0.1, 0.15) is 16.8 Å². The molecular weight excluding hydrogens is 457 g/mol. The van der Waals surface area contributed by atoms with Gasteiger partial charge in [-0.3, -0.25) is 9.59 Å². The van der Waals surface area contributed by atoms with E-state index in [-0.39, 0.29) is 40.7 Å². The molecule has 0 aliphatic heterocycles. The van der Waals surface area contributed by atoms with Crippen LogP contribution in [0.15, 0.2) is 23.1 Å². The normalized spacial score (nSPS) is 15.7. The van der Waals surface area contributed by atoms with Gasteiger partial charge >= 0.3 is 0 Å². The second kappa shape index (κ2) is 12.5. The smallest absolute Gasteiger partial charge is 0.242 e. The number of halogens is 2. The van der Waals surface area contributed by atoms with Gasteiger partial charge in [0.05, 0.1) is 5.02 Å². The van der Waals surface area contributed by atoms with Crippen molar-refractivity contribution in [2.45, 2.75) is 69.7 Å². The fourth-order valence-electron chi connectivity index (χ4n) is 3.83. The van der Waals surface area contributed by atoms with Gasteiger partial charge in [-0.1, -0.05) is 38.3 Å². The molecule has 0 aromatic heterocycles. The van der Waals surface area contributed by atoms with Crippen molar-refractivity contribution < 1.29 is 22.4 Å². The lowest BCUT2D eigenvalue weighted by Crippen LogP contribution is -2.48. The topological polar surface area (TPSA) is 104 Å². The van der Waals surface area contributed by atoms with E-state index in [0.717, 1.165) is 43.9 Å². The van der Waals surface area contributed by atoms with Gasteiger partial charge in [0, 0.05) is 19.5 Å². The van der Waals surface area contributed by atoms with Crippen LogP contribution in [0.5, 0.6) is 0 Å². The van der Waals surface area contributed by atoms with Gasteiger partial charge < -0.3 is 10.6 Å². The minimum absolute atomic E-state index is 0.0687. The monoisotopic (exact) mass is 489 g/mol. The van der Waals surface area contributed by atoms with Gasteiger partial charge in [0.2, 0.25) is 21.8 Å². The molecule has 3 N–H and O–H groups in total. The molecule has 0 unspecified atom stereocenters. The maximum absolute atomic E-state index is 13.1. The molecule has 0 heterocycles. The standard InChI is InChI=1S/C22H33ClFN3O4S/c1-15(2)12-19(27-21(28)13-16-6-3-4-7-16)22(29)25-10-5-11-26-32(30,31)20-9-8-17(24)14-18(20)23/h8-9,14-16,19,26H,3-7,10-13H2,1-2H3,(H,25,29)(H,27,28)/t19-/m0/s1. The van der Waals surface area contributed by atoms with Crippen molar-refractivity contribution in [2.75, 3.05) is 13.1 Å². The summed E-state index contributed by atoms with van der Waals surface area (Å²) in [6.07, 6.45) is 5.76. The van der Waals surface area contributed by atoms with Gasteiger partial charge in [-0.05, 0) is 55.7 Å². The van der Waals surface area contributed by atoms with E-state index < -0.39 is 21.9 Å². The molecular formula is C22H33ClFN3O4S. The Hall–Kier alpha value is -1.71. The predicted octanol–water partition coefficient (Wildman–Crippen LogP) is 3.37. The van der Waals surface area contributed by atoms with Crippen LogP contribution < -0.4 is 15.4 Å². The molecule has 2 amide bonds. The molecule has 7 nitrogen and oxygen atoms in total. The Kier molecular flexibility index (Phi) is 10.4. The Morgan fingerprint density at radius 1 is 1.19 bits per heavy atom. The van der Waals surface area contributed by atoms with E-state index in [4.69, 9.17) is 11.6 Å². The van der Waals surface area contributed by atoms with Crippen molar-refractivity contribution in [3.05, 3.63) is 29.0 Å². The number of hydrogen-bond donors (Lipinski definition) is 3. The third-order valence-electron chi connectivity index (χ3n) is 5.44. The van der Waals surface area contributed by atoms with E-state index in [0.29, 0.717) is 25.2 Å². The molecule has 10 heteroatoms. The molecule has 2 rings (SSSR count). The first-order valence-electron chi connectivity index (χ1n) is 11.1. The second-order valence-electron chi connectivity index (χ2n) is 8.72. The van der Waals surface area contributed by atoms with E-state index >= 15 is 0 Å². The van der Waals surface area contributed by atoms with Crippen LogP contribution in [-0.4, -0.2) is 39.4 Å². The molecule has 0 bridgehead atoms. The summed E-state index contributed by atoms with van der Waals surface area (Å²) >= 11 is 5.82. The Labute approximate surface area is 194 Å². The van der Waals surface area contributed by atoms with Crippen LogP contribution in [0.1, 0.15) is 58.8 Å². The lowest BCUT2D eigenvalue weighted by Gasteiger charge is -2.21. The van der Waals surface area contributed by atoms with Gasteiger partial charge in [0.25, 0.3) is 0 Å². The van der Waals surface area contributed by atoms with E-state index in [9.17, 15) is 22.4 Å². The summed E-state index contributed by atoms with van der Waals surface area (Å²) in [4.78, 5) is 24.8. The minimum Gasteiger partial charge on any atom is -0.354 e. The molecule has 1 saturated carbocycles. The van der Waals surface area contributed by atoms with Crippen LogP contribution in [-0.2, 0) is 19.6 Å². The van der Waals surface area contributed by atoms with Crippen LogP contribution in [0.3, 0.4) is 0 Å². The number of sulfonamides is 1. The zero-order chi connectivity index (χ0) is 23.7. The number of nitrogens with one attached hydrogen (secondary N) is 3. The molecule has 1 atom stereocenters. The average molecular weight is 490 g/mol. The molecule has 0 radical (unpaired) electrons. The highest BCUT2D eigenvalue weighted by Crippen LogP contribution is 2.27. The van der Waals surface area contributed by atoms with Crippen LogP contribution in [0.4, 0.5) is 4.39 Å². The highest BCUT2D eigenvalue weighted by molar-refractivity contribution is 7.89. The summed E-state index contributed by atoms with van der Waals surface area (Å²) in [5, 5.41) is 5.43. The Balaban J connectivity index is 1.78. The van der Waals surface area contributed by atoms with Crippen LogP contribution in [0.2, 0.25) is 5.02 Å². The van der Waals surface area contributed by atoms with Crippen LogP contribution in [0.25, 0.3) is 0 Å². The molecule has 180 valence electrons.